The van der Waals surface area contributed by atoms with Gasteiger partial charge < -0.3 is 20.1 Å². The highest BCUT2D eigenvalue weighted by atomic mass is 35.5. The maximum absolute atomic E-state index is 12.6. The summed E-state index contributed by atoms with van der Waals surface area (Å²) in [6.45, 7) is 0.669. The molecule has 0 saturated heterocycles. The van der Waals surface area contributed by atoms with Crippen LogP contribution in [0.25, 0.3) is 10.9 Å². The molecular formula is C32H33ClN2O3. The molecule has 3 N–H and O–H groups in total. The first-order chi connectivity index (χ1) is 18.5. The molecule has 2 aliphatic rings. The maximum atomic E-state index is 12.6. The molecule has 1 fully saturated rings. The predicted molar refractivity (Wildman–Crippen MR) is 152 cm³/mol. The molecule has 1 atom stereocenters. The lowest BCUT2D eigenvalue weighted by atomic mass is 9.60. The number of halogens is 1. The van der Waals surface area contributed by atoms with Crippen LogP contribution in [0.1, 0.15) is 49.7 Å². The zero-order valence-corrected chi connectivity index (χ0v) is 22.1. The molecule has 1 heterocycles. The summed E-state index contributed by atoms with van der Waals surface area (Å²) in [4.78, 5) is 15.8. The molecule has 196 valence electrons. The van der Waals surface area contributed by atoms with E-state index in [-0.39, 0.29) is 5.41 Å². The first-order valence-electron chi connectivity index (χ1n) is 13.5. The lowest BCUT2D eigenvalue weighted by Gasteiger charge is -2.47. The van der Waals surface area contributed by atoms with Crippen LogP contribution in [0.5, 0.6) is 5.75 Å². The number of anilines is 1. The van der Waals surface area contributed by atoms with Crippen LogP contribution in [0.2, 0.25) is 5.02 Å². The number of H-pyrrole nitrogens is 1. The van der Waals surface area contributed by atoms with Gasteiger partial charge in [0.2, 0.25) is 0 Å². The lowest BCUT2D eigenvalue weighted by Crippen LogP contribution is -2.53. The average Bonchev–Trinajstić information content (AvgIpc) is 3.52. The minimum atomic E-state index is -0.990. The Balaban J connectivity index is 1.18. The maximum Gasteiger partial charge on any atom is 0.329 e. The molecule has 0 unspecified atom stereocenters. The summed E-state index contributed by atoms with van der Waals surface area (Å²) in [6, 6.07) is 24.3. The van der Waals surface area contributed by atoms with E-state index < -0.39 is 11.5 Å². The van der Waals surface area contributed by atoms with Crippen LogP contribution in [0.3, 0.4) is 0 Å². The van der Waals surface area contributed by atoms with Gasteiger partial charge >= 0.3 is 5.97 Å². The second-order valence-electron chi connectivity index (χ2n) is 10.9. The second-order valence-corrected chi connectivity index (χ2v) is 11.4. The fourth-order valence-corrected chi connectivity index (χ4v) is 7.16. The Kier molecular flexibility index (Phi) is 6.56. The summed E-state index contributed by atoms with van der Waals surface area (Å²) in [5, 5.41) is 15.4. The molecule has 3 aromatic carbocycles. The highest BCUT2D eigenvalue weighted by molar-refractivity contribution is 6.30. The van der Waals surface area contributed by atoms with Crippen LogP contribution in [0.4, 0.5) is 5.69 Å². The van der Waals surface area contributed by atoms with Gasteiger partial charge in [0.05, 0.1) is 6.61 Å². The van der Waals surface area contributed by atoms with Crippen LogP contribution < -0.4 is 10.1 Å². The summed E-state index contributed by atoms with van der Waals surface area (Å²) in [5.41, 5.74) is 3.70. The van der Waals surface area contributed by atoms with Crippen molar-refractivity contribution in [3.8, 4) is 5.75 Å². The molecule has 1 spiro atoms. The SMILES string of the molecule is O=C(O)C1(Nc2cccc(Cl)c2)CCC2(CC1)c1ccccc1C[C@@H]2CCCOc1cccc2[nH]ccc12. The first kappa shape index (κ1) is 24.9. The third-order valence-electron chi connectivity index (χ3n) is 8.92. The molecule has 38 heavy (non-hydrogen) atoms. The van der Waals surface area contributed by atoms with E-state index in [0.29, 0.717) is 30.4 Å². The van der Waals surface area contributed by atoms with Crippen LogP contribution in [-0.4, -0.2) is 28.2 Å². The number of nitrogens with one attached hydrogen (secondary N) is 2. The van der Waals surface area contributed by atoms with Crippen molar-refractivity contribution in [2.75, 3.05) is 11.9 Å². The Morgan fingerprint density at radius 2 is 1.84 bits per heavy atom. The molecule has 6 rings (SSSR count). The third kappa shape index (κ3) is 4.43. The summed E-state index contributed by atoms with van der Waals surface area (Å²) in [7, 11) is 0. The zero-order chi connectivity index (χ0) is 26.2. The number of aromatic amines is 1. The largest absolute Gasteiger partial charge is 0.493 e. The Morgan fingerprint density at radius 3 is 2.66 bits per heavy atom. The van der Waals surface area contributed by atoms with Gasteiger partial charge in [0.25, 0.3) is 0 Å². The highest BCUT2D eigenvalue weighted by Gasteiger charge is 2.53. The van der Waals surface area contributed by atoms with Crippen molar-refractivity contribution < 1.29 is 14.6 Å². The van der Waals surface area contributed by atoms with Crippen LogP contribution in [0.15, 0.2) is 79.0 Å². The van der Waals surface area contributed by atoms with Gasteiger partial charge in [-0.1, -0.05) is 48.0 Å². The van der Waals surface area contributed by atoms with E-state index in [1.165, 1.54) is 11.1 Å². The number of hydrogen-bond acceptors (Lipinski definition) is 3. The zero-order valence-electron chi connectivity index (χ0n) is 21.4. The standard InChI is InChI=1S/C32H33ClN2O3/c33-24-8-3-9-25(21-24)35-32(30(36)37)16-14-31(15-17-32)23(20-22-6-1-2-10-27(22)31)7-5-19-38-29-12-4-11-28-26(29)13-18-34-28/h1-4,6,8-13,18,21,23,34-35H,5,7,14-17,19-20H2,(H,36,37)/t23-,31?,32?/m0/s1. The Bertz CT molecular complexity index is 1450. The number of aromatic nitrogens is 1. The monoisotopic (exact) mass is 528 g/mol. The predicted octanol–water partition coefficient (Wildman–Crippen LogP) is 7.60. The van der Waals surface area contributed by atoms with Gasteiger partial charge in [0.1, 0.15) is 11.3 Å². The first-order valence-corrected chi connectivity index (χ1v) is 13.9. The Morgan fingerprint density at radius 1 is 1.03 bits per heavy atom. The van der Waals surface area contributed by atoms with Gasteiger partial charge in [-0.3, -0.25) is 0 Å². The summed E-state index contributed by atoms with van der Waals surface area (Å²) < 4.78 is 6.21. The number of benzene rings is 3. The number of carboxylic acids is 1. The molecule has 0 amide bonds. The Hall–Kier alpha value is -3.44. The minimum absolute atomic E-state index is 0.00616. The molecule has 6 heteroatoms. The molecule has 0 radical (unpaired) electrons. The van der Waals surface area contributed by atoms with Crippen molar-refractivity contribution in [1.82, 2.24) is 4.98 Å². The van der Waals surface area contributed by atoms with Crippen LogP contribution >= 0.6 is 11.6 Å². The summed E-state index contributed by atoms with van der Waals surface area (Å²) in [5.74, 6) is 0.608. The van der Waals surface area contributed by atoms with Crippen molar-refractivity contribution >= 4 is 34.2 Å². The van der Waals surface area contributed by atoms with E-state index in [9.17, 15) is 9.90 Å². The third-order valence-corrected chi connectivity index (χ3v) is 9.16. The van der Waals surface area contributed by atoms with Gasteiger partial charge in [-0.25, -0.2) is 4.79 Å². The molecule has 1 aromatic heterocycles. The number of carbonyl (C=O) groups is 1. The second kappa shape index (κ2) is 10.0. The van der Waals surface area contributed by atoms with E-state index in [1.54, 1.807) is 12.1 Å². The van der Waals surface area contributed by atoms with Gasteiger partial charge in [-0.15, -0.1) is 0 Å². The quantitative estimate of drug-likeness (QED) is 0.206. The number of carboxylic acid groups (broad SMARTS) is 1. The fraction of sp³-hybridized carbons (Fsp3) is 0.344. The van der Waals surface area contributed by atoms with Gasteiger partial charge in [-0.05, 0) is 104 Å². The number of aliphatic carboxylic acids is 1. The van der Waals surface area contributed by atoms with Crippen LogP contribution in [0, 0.1) is 5.92 Å². The number of rotatable bonds is 8. The molecule has 0 aliphatic heterocycles. The molecule has 5 nitrogen and oxygen atoms in total. The van der Waals surface area contributed by atoms with Gasteiger partial charge in [0.15, 0.2) is 0 Å². The van der Waals surface area contributed by atoms with Gasteiger partial charge in [0, 0.05) is 27.8 Å². The Labute approximate surface area is 228 Å². The number of hydrogen-bond donors (Lipinski definition) is 3. The van der Waals surface area contributed by atoms with Crippen molar-refractivity contribution in [2.24, 2.45) is 5.92 Å². The minimum Gasteiger partial charge on any atom is -0.493 e. The van der Waals surface area contributed by atoms with E-state index in [2.05, 4.69) is 46.7 Å². The average molecular weight is 529 g/mol. The molecule has 4 aromatic rings. The fourth-order valence-electron chi connectivity index (χ4n) is 6.97. The van der Waals surface area contributed by atoms with E-state index >= 15 is 0 Å². The molecule has 1 saturated carbocycles. The highest BCUT2D eigenvalue weighted by Crippen LogP contribution is 2.55. The van der Waals surface area contributed by atoms with E-state index in [0.717, 1.165) is 54.4 Å². The molecule has 0 bridgehead atoms. The molecule has 2 aliphatic carbocycles. The number of ether oxygens (including phenoxy) is 1. The normalized spacial score (nSPS) is 24.4. The van der Waals surface area contributed by atoms with Crippen molar-refractivity contribution in [2.45, 2.75) is 55.9 Å². The van der Waals surface area contributed by atoms with Crippen molar-refractivity contribution in [3.63, 3.8) is 0 Å². The van der Waals surface area contributed by atoms with E-state index in [4.69, 9.17) is 16.3 Å². The van der Waals surface area contributed by atoms with Gasteiger partial charge in [-0.2, -0.15) is 0 Å². The van der Waals surface area contributed by atoms with Crippen molar-refractivity contribution in [3.05, 3.63) is 95.1 Å². The summed E-state index contributed by atoms with van der Waals surface area (Å²) >= 11 is 6.18. The lowest BCUT2D eigenvalue weighted by molar-refractivity contribution is -0.144. The summed E-state index contributed by atoms with van der Waals surface area (Å²) in [6.07, 6.45) is 7.85. The number of fused-ring (bicyclic) bond motifs is 3. The topological polar surface area (TPSA) is 74.3 Å². The molecular weight excluding hydrogens is 496 g/mol. The van der Waals surface area contributed by atoms with Crippen LogP contribution in [-0.2, 0) is 16.6 Å². The smallest absolute Gasteiger partial charge is 0.329 e. The van der Waals surface area contributed by atoms with Crippen molar-refractivity contribution in [1.29, 1.82) is 0 Å². The van der Waals surface area contributed by atoms with E-state index in [1.807, 2.05) is 30.5 Å².